The summed E-state index contributed by atoms with van der Waals surface area (Å²) in [6, 6.07) is 11.7. The Morgan fingerprint density at radius 3 is 2.31 bits per heavy atom. The molecule has 1 unspecified atom stereocenters. The number of carbonyl (C=O) groups excluding carboxylic acids is 1. The third-order valence-electron chi connectivity index (χ3n) is 3.92. The fraction of sp³-hybridized carbons (Fsp3) is 0.300. The molecule has 2 aromatic carbocycles. The second kappa shape index (κ2) is 7.61. The van der Waals surface area contributed by atoms with Gasteiger partial charge >= 0.3 is 6.18 Å². The highest BCUT2D eigenvalue weighted by Gasteiger charge is 2.38. The van der Waals surface area contributed by atoms with E-state index in [1.54, 1.807) is 24.3 Å². The molecular formula is C20H18F3NO2. The van der Waals surface area contributed by atoms with Crippen LogP contribution in [0.2, 0.25) is 0 Å². The van der Waals surface area contributed by atoms with Crippen molar-refractivity contribution >= 4 is 5.78 Å². The van der Waals surface area contributed by atoms with E-state index in [1.807, 2.05) is 6.92 Å². The molecule has 2 aromatic rings. The molecule has 0 aliphatic carbocycles. The molecule has 26 heavy (non-hydrogen) atoms. The number of hydrogen-bond donors (Lipinski definition) is 0. The van der Waals surface area contributed by atoms with Gasteiger partial charge in [0.05, 0.1) is 12.0 Å². The van der Waals surface area contributed by atoms with Gasteiger partial charge in [-0.05, 0) is 19.1 Å². The van der Waals surface area contributed by atoms with Crippen LogP contribution in [-0.2, 0) is 6.18 Å². The van der Waals surface area contributed by atoms with Crippen LogP contribution < -0.4 is 4.74 Å². The van der Waals surface area contributed by atoms with Crippen molar-refractivity contribution < 1.29 is 22.7 Å². The van der Waals surface area contributed by atoms with Crippen LogP contribution in [0.25, 0.3) is 4.85 Å². The highest BCUT2D eigenvalue weighted by molar-refractivity contribution is 5.97. The van der Waals surface area contributed by atoms with Gasteiger partial charge in [0.1, 0.15) is 5.75 Å². The molecule has 0 aromatic heterocycles. The highest BCUT2D eigenvalue weighted by Crippen LogP contribution is 2.36. The number of alkyl halides is 3. The summed E-state index contributed by atoms with van der Waals surface area (Å²) >= 11 is 0. The first-order valence-corrected chi connectivity index (χ1v) is 7.92. The maximum absolute atomic E-state index is 13.0. The summed E-state index contributed by atoms with van der Waals surface area (Å²) in [5.41, 5.74) is -0.708. The number of carbonyl (C=O) groups is 1. The fourth-order valence-electron chi connectivity index (χ4n) is 2.37. The summed E-state index contributed by atoms with van der Waals surface area (Å²) in [5.74, 6) is -0.603. The van der Waals surface area contributed by atoms with E-state index in [0.29, 0.717) is 5.56 Å². The van der Waals surface area contributed by atoms with Gasteiger partial charge in [-0.25, -0.2) is 6.57 Å². The molecule has 6 heteroatoms. The van der Waals surface area contributed by atoms with Gasteiger partial charge in [0.15, 0.2) is 12.4 Å². The molecule has 0 amide bonds. The number of nitrogens with zero attached hydrogens (tertiary/aromatic N) is 1. The van der Waals surface area contributed by atoms with E-state index in [1.165, 1.54) is 25.1 Å². The van der Waals surface area contributed by atoms with Crippen LogP contribution in [-0.4, -0.2) is 17.9 Å². The minimum atomic E-state index is -4.55. The lowest BCUT2D eigenvalue weighted by atomic mass is 9.93. The predicted molar refractivity (Wildman–Crippen MR) is 92.1 cm³/mol. The number of ketones is 1. The number of halogens is 3. The van der Waals surface area contributed by atoms with E-state index in [0.717, 1.165) is 11.6 Å². The molecule has 1 atom stereocenters. The van der Waals surface area contributed by atoms with Crippen LogP contribution in [0.1, 0.15) is 34.8 Å². The number of Topliss-reactive ketones (excluding diaryl/α,β-unsaturated/α-hetero) is 1. The molecule has 136 valence electrons. The molecule has 0 saturated carbocycles. The van der Waals surface area contributed by atoms with Crippen molar-refractivity contribution in [3.63, 3.8) is 0 Å². The first-order valence-electron chi connectivity index (χ1n) is 7.92. The number of benzene rings is 2. The lowest BCUT2D eigenvalue weighted by Crippen LogP contribution is -2.32. The Morgan fingerprint density at radius 2 is 1.73 bits per heavy atom. The lowest BCUT2D eigenvalue weighted by Gasteiger charge is -2.19. The maximum Gasteiger partial charge on any atom is 0.419 e. The third-order valence-corrected chi connectivity index (χ3v) is 3.92. The lowest BCUT2D eigenvalue weighted by molar-refractivity contribution is -0.139. The van der Waals surface area contributed by atoms with Gasteiger partial charge in [0, 0.05) is 12.5 Å². The summed E-state index contributed by atoms with van der Waals surface area (Å²) in [7, 11) is 0. The Labute approximate surface area is 150 Å². The van der Waals surface area contributed by atoms with Crippen molar-refractivity contribution in [1.29, 1.82) is 0 Å². The Kier molecular flexibility index (Phi) is 5.71. The summed E-state index contributed by atoms with van der Waals surface area (Å²) in [4.78, 5) is 15.8. The van der Waals surface area contributed by atoms with Gasteiger partial charge in [-0.15, -0.1) is 0 Å². The average molecular weight is 361 g/mol. The summed E-state index contributed by atoms with van der Waals surface area (Å²) in [5, 5.41) is 0. The topological polar surface area (TPSA) is 30.7 Å². The molecule has 3 nitrogen and oxygen atoms in total. The van der Waals surface area contributed by atoms with Crippen molar-refractivity contribution in [2.75, 3.05) is 6.61 Å². The Bertz CT molecular complexity index is 822. The average Bonchev–Trinajstić information content (AvgIpc) is 2.60. The van der Waals surface area contributed by atoms with Crippen molar-refractivity contribution in [2.24, 2.45) is 0 Å². The molecule has 0 radical (unpaired) electrons. The van der Waals surface area contributed by atoms with Gasteiger partial charge in [-0.1, -0.05) is 42.0 Å². The quantitative estimate of drug-likeness (QED) is 0.513. The van der Waals surface area contributed by atoms with Gasteiger partial charge in [0.2, 0.25) is 0 Å². The van der Waals surface area contributed by atoms with Crippen LogP contribution in [0.5, 0.6) is 5.75 Å². The monoisotopic (exact) mass is 361 g/mol. The van der Waals surface area contributed by atoms with Gasteiger partial charge in [0.25, 0.3) is 5.54 Å². The molecular weight excluding hydrogens is 343 g/mol. The molecule has 2 rings (SSSR count). The maximum atomic E-state index is 13.0. The second-order valence-electron chi connectivity index (χ2n) is 6.36. The van der Waals surface area contributed by atoms with Crippen LogP contribution in [0, 0.1) is 13.5 Å². The molecule has 0 saturated heterocycles. The Hall–Kier alpha value is -2.81. The number of aryl methyl sites for hydroxylation is 1. The van der Waals surface area contributed by atoms with E-state index < -0.39 is 17.3 Å². The fourth-order valence-corrected chi connectivity index (χ4v) is 2.37. The first kappa shape index (κ1) is 19.5. The van der Waals surface area contributed by atoms with Crippen LogP contribution in [0.15, 0.2) is 48.5 Å². The molecule has 0 aliphatic heterocycles. The SMILES string of the molecule is [C-]#[N+]C(C)(COc1ccccc1C(F)(F)F)CC(=O)c1ccc(C)cc1. The molecule has 0 heterocycles. The Balaban J connectivity index is 2.13. The number of hydrogen-bond acceptors (Lipinski definition) is 2. The molecule has 0 spiro atoms. The van der Waals surface area contributed by atoms with Crippen molar-refractivity contribution in [3.05, 3.63) is 76.6 Å². The number of para-hydroxylation sites is 1. The van der Waals surface area contributed by atoms with Gasteiger partial charge in [-0.3, -0.25) is 4.79 Å². The zero-order valence-corrected chi connectivity index (χ0v) is 14.4. The third kappa shape index (κ3) is 4.85. The minimum Gasteiger partial charge on any atom is -0.485 e. The van der Waals surface area contributed by atoms with Crippen LogP contribution >= 0.6 is 0 Å². The zero-order chi connectivity index (χ0) is 19.4. The van der Waals surface area contributed by atoms with Crippen molar-refractivity contribution in [2.45, 2.75) is 32.0 Å². The zero-order valence-electron chi connectivity index (χ0n) is 14.4. The van der Waals surface area contributed by atoms with Crippen molar-refractivity contribution in [1.82, 2.24) is 0 Å². The van der Waals surface area contributed by atoms with Crippen LogP contribution in [0.4, 0.5) is 13.2 Å². The van der Waals surface area contributed by atoms with E-state index >= 15 is 0 Å². The predicted octanol–water partition coefficient (Wildman–Crippen LogP) is 5.34. The van der Waals surface area contributed by atoms with Crippen LogP contribution in [0.3, 0.4) is 0 Å². The summed E-state index contributed by atoms with van der Waals surface area (Å²) in [6.45, 7) is 10.4. The second-order valence-corrected chi connectivity index (χ2v) is 6.36. The largest absolute Gasteiger partial charge is 0.485 e. The van der Waals surface area contributed by atoms with E-state index in [4.69, 9.17) is 11.3 Å². The molecule has 0 aliphatic rings. The van der Waals surface area contributed by atoms with Crippen molar-refractivity contribution in [3.8, 4) is 5.75 Å². The minimum absolute atomic E-state index is 0.145. The van der Waals surface area contributed by atoms with E-state index in [2.05, 4.69) is 4.85 Å². The smallest absolute Gasteiger partial charge is 0.419 e. The highest BCUT2D eigenvalue weighted by atomic mass is 19.4. The standard InChI is InChI=1S/C20H18F3NO2/c1-14-8-10-15(11-9-14)17(25)12-19(2,24-3)13-26-18-7-5-4-6-16(18)20(21,22)23/h4-11H,12-13H2,1-2H3. The summed E-state index contributed by atoms with van der Waals surface area (Å²) < 4.78 is 44.3. The number of rotatable bonds is 6. The molecule has 0 N–H and O–H groups in total. The van der Waals surface area contributed by atoms with E-state index in [9.17, 15) is 18.0 Å². The molecule has 0 bridgehead atoms. The normalized spacial score (nSPS) is 13.5. The molecule has 0 fully saturated rings. The Morgan fingerprint density at radius 1 is 1.12 bits per heavy atom. The first-order chi connectivity index (χ1) is 12.1. The number of ether oxygens (including phenoxy) is 1. The summed E-state index contributed by atoms with van der Waals surface area (Å²) in [6.07, 6.45) is -4.70. The van der Waals surface area contributed by atoms with E-state index in [-0.39, 0.29) is 24.6 Å². The van der Waals surface area contributed by atoms with Gasteiger partial charge in [-0.2, -0.15) is 13.2 Å². The van der Waals surface area contributed by atoms with Gasteiger partial charge < -0.3 is 9.58 Å².